The lowest BCUT2D eigenvalue weighted by atomic mass is 10.1. The van der Waals surface area contributed by atoms with Crippen LogP contribution in [0.25, 0.3) is 0 Å². The van der Waals surface area contributed by atoms with Gasteiger partial charge < -0.3 is 14.8 Å². The van der Waals surface area contributed by atoms with Gasteiger partial charge in [0.05, 0.1) is 18.8 Å². The maximum absolute atomic E-state index is 12.7. The van der Waals surface area contributed by atoms with E-state index in [1.165, 1.54) is 11.1 Å². The Morgan fingerprint density at radius 3 is 2.42 bits per heavy atom. The van der Waals surface area contributed by atoms with Crippen LogP contribution < -0.4 is 10.1 Å². The minimum Gasteiger partial charge on any atom is -0.457 e. The van der Waals surface area contributed by atoms with Gasteiger partial charge in [-0.15, -0.1) is 0 Å². The topological polar surface area (TPSA) is 65.4 Å². The van der Waals surface area contributed by atoms with Crippen molar-refractivity contribution in [3.05, 3.63) is 114 Å². The Morgan fingerprint density at radius 1 is 0.970 bits per heavy atom. The number of fused-ring (bicyclic) bond motifs is 1. The standard InChI is InChI=1S/C27H25N3O3/c31-27(21-11-13-24(14-12-21)33-23-9-5-2-6-10-23)28-17-25-26-22(15-16-32-25)19-30(29-26)18-20-7-3-1-4-8-20/h1-14,19,25H,15-18H2,(H,28,31)/t25-/m1/s1. The van der Waals surface area contributed by atoms with Crippen molar-refractivity contribution in [3.63, 3.8) is 0 Å². The second kappa shape index (κ2) is 9.71. The van der Waals surface area contributed by atoms with Crippen molar-refractivity contribution < 1.29 is 14.3 Å². The molecule has 1 N–H and O–H groups in total. The van der Waals surface area contributed by atoms with E-state index in [4.69, 9.17) is 14.6 Å². The number of benzene rings is 3. The molecule has 0 radical (unpaired) electrons. The van der Waals surface area contributed by atoms with Crippen molar-refractivity contribution >= 4 is 5.91 Å². The van der Waals surface area contributed by atoms with Gasteiger partial charge in [-0.25, -0.2) is 0 Å². The van der Waals surface area contributed by atoms with Crippen LogP contribution in [0.2, 0.25) is 0 Å². The molecule has 1 atom stereocenters. The first kappa shape index (κ1) is 21.0. The zero-order valence-electron chi connectivity index (χ0n) is 18.2. The summed E-state index contributed by atoms with van der Waals surface area (Å²) >= 11 is 0. The first-order valence-electron chi connectivity index (χ1n) is 11.1. The quantitative estimate of drug-likeness (QED) is 0.451. The normalized spacial score (nSPS) is 15.0. The number of para-hydroxylation sites is 1. The van der Waals surface area contributed by atoms with E-state index in [1.54, 1.807) is 24.3 Å². The third-order valence-corrected chi connectivity index (χ3v) is 5.60. The fourth-order valence-corrected chi connectivity index (χ4v) is 3.92. The molecule has 33 heavy (non-hydrogen) atoms. The monoisotopic (exact) mass is 439 g/mol. The maximum Gasteiger partial charge on any atom is 0.251 e. The molecular weight excluding hydrogens is 414 g/mol. The number of aromatic nitrogens is 2. The van der Waals surface area contributed by atoms with Gasteiger partial charge in [-0.2, -0.15) is 5.10 Å². The summed E-state index contributed by atoms with van der Waals surface area (Å²) in [7, 11) is 0. The van der Waals surface area contributed by atoms with Crippen molar-refractivity contribution in [2.24, 2.45) is 0 Å². The summed E-state index contributed by atoms with van der Waals surface area (Å²) in [5, 5.41) is 7.74. The SMILES string of the molecule is O=C(NC[C@H]1OCCc2cn(Cc3ccccc3)nc21)c1ccc(Oc2ccccc2)cc1. The summed E-state index contributed by atoms with van der Waals surface area (Å²) in [6.07, 6.45) is 2.66. The summed E-state index contributed by atoms with van der Waals surface area (Å²) in [6.45, 7) is 1.71. The fraction of sp³-hybridized carbons (Fsp3) is 0.185. The largest absolute Gasteiger partial charge is 0.457 e. The first-order valence-corrected chi connectivity index (χ1v) is 11.1. The molecule has 1 amide bonds. The molecule has 0 saturated carbocycles. The number of nitrogens with one attached hydrogen (secondary N) is 1. The van der Waals surface area contributed by atoms with Crippen molar-refractivity contribution in [1.29, 1.82) is 0 Å². The van der Waals surface area contributed by atoms with E-state index < -0.39 is 0 Å². The average Bonchev–Trinajstić information content (AvgIpc) is 3.27. The van der Waals surface area contributed by atoms with Gasteiger partial charge in [-0.05, 0) is 53.9 Å². The number of carbonyl (C=O) groups is 1. The summed E-state index contributed by atoms with van der Waals surface area (Å²) in [5.74, 6) is 1.29. The van der Waals surface area contributed by atoms with Gasteiger partial charge in [0, 0.05) is 18.3 Å². The Morgan fingerprint density at radius 2 is 1.67 bits per heavy atom. The van der Waals surface area contributed by atoms with Gasteiger partial charge in [0.2, 0.25) is 0 Å². The Kier molecular flexibility index (Phi) is 6.17. The number of amides is 1. The van der Waals surface area contributed by atoms with E-state index in [0.717, 1.165) is 17.9 Å². The van der Waals surface area contributed by atoms with Gasteiger partial charge in [0.15, 0.2) is 0 Å². The number of hydrogen-bond donors (Lipinski definition) is 1. The molecule has 1 aliphatic rings. The van der Waals surface area contributed by atoms with Crippen molar-refractivity contribution in [1.82, 2.24) is 15.1 Å². The maximum atomic E-state index is 12.7. The molecule has 2 heterocycles. The molecule has 0 unspecified atom stereocenters. The fourth-order valence-electron chi connectivity index (χ4n) is 3.92. The third-order valence-electron chi connectivity index (χ3n) is 5.60. The Bertz CT molecular complexity index is 1200. The molecule has 0 bridgehead atoms. The third kappa shape index (κ3) is 5.13. The van der Waals surface area contributed by atoms with Crippen LogP contribution in [-0.2, 0) is 17.7 Å². The average molecular weight is 440 g/mol. The molecule has 0 spiro atoms. The summed E-state index contributed by atoms with van der Waals surface area (Å²) in [4.78, 5) is 12.7. The number of nitrogens with zero attached hydrogens (tertiary/aromatic N) is 2. The van der Waals surface area contributed by atoms with E-state index in [-0.39, 0.29) is 12.0 Å². The van der Waals surface area contributed by atoms with Gasteiger partial charge >= 0.3 is 0 Å². The highest BCUT2D eigenvalue weighted by Crippen LogP contribution is 2.26. The van der Waals surface area contributed by atoms with E-state index in [9.17, 15) is 4.79 Å². The van der Waals surface area contributed by atoms with Crippen LogP contribution in [0.5, 0.6) is 11.5 Å². The van der Waals surface area contributed by atoms with Crippen LogP contribution in [0.4, 0.5) is 0 Å². The smallest absolute Gasteiger partial charge is 0.251 e. The minimum atomic E-state index is -0.254. The molecule has 0 aliphatic carbocycles. The summed E-state index contributed by atoms with van der Waals surface area (Å²) < 4.78 is 13.7. The first-order chi connectivity index (χ1) is 16.2. The van der Waals surface area contributed by atoms with E-state index in [2.05, 4.69) is 23.6 Å². The second-order valence-corrected chi connectivity index (χ2v) is 7.98. The highest BCUT2D eigenvalue weighted by Gasteiger charge is 2.25. The molecule has 3 aromatic carbocycles. The molecule has 0 saturated heterocycles. The zero-order chi connectivity index (χ0) is 22.5. The molecule has 166 valence electrons. The number of rotatable bonds is 7. The van der Waals surface area contributed by atoms with Crippen molar-refractivity contribution in [2.45, 2.75) is 19.1 Å². The molecule has 4 aromatic rings. The Balaban J connectivity index is 1.20. The number of ether oxygens (including phenoxy) is 2. The minimum absolute atomic E-state index is 0.152. The van der Waals surface area contributed by atoms with E-state index >= 15 is 0 Å². The van der Waals surface area contributed by atoms with Gasteiger partial charge in [-0.1, -0.05) is 48.5 Å². The van der Waals surface area contributed by atoms with Gasteiger partial charge in [0.25, 0.3) is 5.91 Å². The predicted molar refractivity (Wildman–Crippen MR) is 125 cm³/mol. The number of hydrogen-bond acceptors (Lipinski definition) is 4. The van der Waals surface area contributed by atoms with E-state index in [1.807, 2.05) is 53.2 Å². The summed E-state index contributed by atoms with van der Waals surface area (Å²) in [6, 6.07) is 26.9. The molecule has 5 rings (SSSR count). The van der Waals surface area contributed by atoms with Crippen LogP contribution in [0, 0.1) is 0 Å². The molecule has 6 nitrogen and oxygen atoms in total. The molecule has 6 heteroatoms. The molecule has 1 aromatic heterocycles. The Labute approximate surface area is 192 Å². The lowest BCUT2D eigenvalue weighted by molar-refractivity contribution is 0.0383. The summed E-state index contributed by atoms with van der Waals surface area (Å²) in [5.41, 5.74) is 3.85. The van der Waals surface area contributed by atoms with Gasteiger partial charge in [0.1, 0.15) is 17.6 Å². The highest BCUT2D eigenvalue weighted by atomic mass is 16.5. The Hall–Kier alpha value is -3.90. The predicted octanol–water partition coefficient (Wildman–Crippen LogP) is 4.77. The van der Waals surface area contributed by atoms with Crippen LogP contribution in [-0.4, -0.2) is 28.8 Å². The lowest BCUT2D eigenvalue weighted by Gasteiger charge is -2.22. The van der Waals surface area contributed by atoms with Crippen LogP contribution in [0.1, 0.15) is 33.3 Å². The molecular formula is C27H25N3O3. The van der Waals surface area contributed by atoms with Crippen LogP contribution in [0.3, 0.4) is 0 Å². The van der Waals surface area contributed by atoms with Crippen molar-refractivity contribution in [2.75, 3.05) is 13.2 Å². The lowest BCUT2D eigenvalue weighted by Crippen LogP contribution is -2.31. The number of carbonyl (C=O) groups excluding carboxylic acids is 1. The van der Waals surface area contributed by atoms with E-state index in [0.29, 0.717) is 31.0 Å². The van der Waals surface area contributed by atoms with Crippen LogP contribution in [0.15, 0.2) is 91.1 Å². The van der Waals surface area contributed by atoms with Gasteiger partial charge in [-0.3, -0.25) is 9.48 Å². The molecule has 1 aliphatic heterocycles. The highest BCUT2D eigenvalue weighted by molar-refractivity contribution is 5.94. The zero-order valence-corrected chi connectivity index (χ0v) is 18.2. The second-order valence-electron chi connectivity index (χ2n) is 7.98. The molecule has 0 fully saturated rings. The van der Waals surface area contributed by atoms with Crippen LogP contribution >= 0.6 is 0 Å². The van der Waals surface area contributed by atoms with Crippen molar-refractivity contribution in [3.8, 4) is 11.5 Å².